The van der Waals surface area contributed by atoms with E-state index < -0.39 is 0 Å². The lowest BCUT2D eigenvalue weighted by Crippen LogP contribution is -2.56. The quantitative estimate of drug-likeness (QED) is 0.792. The highest BCUT2D eigenvalue weighted by Gasteiger charge is 2.43. The number of hydrogen-bond donors (Lipinski definition) is 0. The Balaban J connectivity index is 1.85. The van der Waals surface area contributed by atoms with E-state index in [2.05, 4.69) is 44.4 Å². The molecule has 1 spiro atoms. The van der Waals surface area contributed by atoms with Crippen LogP contribution in [-0.4, -0.2) is 60.0 Å². The predicted molar refractivity (Wildman–Crippen MR) is 82.0 cm³/mol. The average molecular weight is 287 g/mol. The van der Waals surface area contributed by atoms with Crippen LogP contribution in [0.2, 0.25) is 0 Å². The van der Waals surface area contributed by atoms with E-state index in [1.165, 1.54) is 12.3 Å². The first-order chi connectivity index (χ1) is 8.92. The van der Waals surface area contributed by atoms with E-state index in [1.807, 2.05) is 0 Å². The van der Waals surface area contributed by atoms with Crippen LogP contribution in [0, 0.1) is 0 Å². The Labute approximate surface area is 122 Å². The molecule has 0 aromatic heterocycles. The predicted octanol–water partition coefficient (Wildman–Crippen LogP) is 2.79. The average Bonchev–Trinajstić information content (AvgIpc) is 2.74. The summed E-state index contributed by atoms with van der Waals surface area (Å²) in [6, 6.07) is 0. The summed E-state index contributed by atoms with van der Waals surface area (Å²) in [7, 11) is 0. The molecule has 0 amide bonds. The summed E-state index contributed by atoms with van der Waals surface area (Å²) < 4.78 is 12.2. The minimum atomic E-state index is -0.00861. The van der Waals surface area contributed by atoms with Gasteiger partial charge in [0, 0.05) is 43.2 Å². The number of morpholine rings is 1. The highest BCUT2D eigenvalue weighted by Crippen LogP contribution is 2.31. The van der Waals surface area contributed by atoms with Gasteiger partial charge in [0.2, 0.25) is 0 Å². The topological polar surface area (TPSA) is 21.7 Å². The van der Waals surface area contributed by atoms with Gasteiger partial charge in [-0.3, -0.25) is 4.90 Å². The molecular formula is C15H29NO2S. The van der Waals surface area contributed by atoms with Crippen molar-refractivity contribution in [2.24, 2.45) is 0 Å². The van der Waals surface area contributed by atoms with Gasteiger partial charge in [0.15, 0.2) is 0 Å². The molecule has 4 heteroatoms. The van der Waals surface area contributed by atoms with Crippen molar-refractivity contribution in [3.05, 3.63) is 0 Å². The second-order valence-electron chi connectivity index (χ2n) is 6.83. The molecule has 3 nitrogen and oxygen atoms in total. The highest BCUT2D eigenvalue weighted by atomic mass is 32.2. The van der Waals surface area contributed by atoms with Crippen molar-refractivity contribution in [3.63, 3.8) is 0 Å². The first kappa shape index (κ1) is 15.6. The Hall–Kier alpha value is 0.230. The summed E-state index contributed by atoms with van der Waals surface area (Å²) in [6.07, 6.45) is 2.55. The van der Waals surface area contributed by atoms with Crippen molar-refractivity contribution < 1.29 is 9.47 Å². The van der Waals surface area contributed by atoms with Gasteiger partial charge in [0.1, 0.15) is 5.60 Å². The van der Waals surface area contributed by atoms with Crippen molar-refractivity contribution in [1.29, 1.82) is 0 Å². The van der Waals surface area contributed by atoms with Gasteiger partial charge in [0.05, 0.1) is 12.7 Å². The molecule has 0 unspecified atom stereocenters. The third kappa shape index (κ3) is 4.62. The maximum absolute atomic E-state index is 6.29. The molecule has 2 rings (SSSR count). The van der Waals surface area contributed by atoms with Crippen LogP contribution in [0.4, 0.5) is 0 Å². The molecule has 0 aliphatic carbocycles. The molecule has 0 aromatic rings. The number of nitrogens with zero attached hydrogens (tertiary/aromatic N) is 1. The highest BCUT2D eigenvalue weighted by molar-refractivity contribution is 8.00. The third-order valence-corrected chi connectivity index (χ3v) is 5.11. The smallest absolute Gasteiger partial charge is 0.107 e. The second-order valence-corrected chi connectivity index (χ2v) is 8.75. The molecule has 0 aromatic carbocycles. The largest absolute Gasteiger partial charge is 0.378 e. The fraction of sp³-hybridized carbons (Fsp3) is 1.00. The summed E-state index contributed by atoms with van der Waals surface area (Å²) in [5.74, 6) is 1.21. The number of rotatable bonds is 4. The van der Waals surface area contributed by atoms with E-state index in [0.29, 0.717) is 10.9 Å². The normalized spacial score (nSPS) is 33.2. The number of ether oxygens (including phenoxy) is 2. The standard InChI is InChI=1S/C15H29NO2S/c1-5-13-10-16(7-9-19-14(2,3)4)11-15(18-13)6-8-17-12-15/h13H,5-12H2,1-4H3/t13-,15-/m0/s1. The van der Waals surface area contributed by atoms with Crippen LogP contribution in [0.1, 0.15) is 40.5 Å². The van der Waals surface area contributed by atoms with E-state index in [4.69, 9.17) is 9.47 Å². The molecule has 2 aliphatic heterocycles. The van der Waals surface area contributed by atoms with Crippen LogP contribution < -0.4 is 0 Å². The van der Waals surface area contributed by atoms with Crippen molar-refractivity contribution in [2.75, 3.05) is 38.6 Å². The zero-order chi connectivity index (χ0) is 13.9. The summed E-state index contributed by atoms with van der Waals surface area (Å²) >= 11 is 2.05. The molecule has 0 saturated carbocycles. The molecule has 0 radical (unpaired) electrons. The lowest BCUT2D eigenvalue weighted by Gasteiger charge is -2.44. The van der Waals surface area contributed by atoms with Crippen LogP contribution in [-0.2, 0) is 9.47 Å². The monoisotopic (exact) mass is 287 g/mol. The van der Waals surface area contributed by atoms with Gasteiger partial charge < -0.3 is 9.47 Å². The van der Waals surface area contributed by atoms with E-state index in [0.717, 1.165) is 39.1 Å². The van der Waals surface area contributed by atoms with Crippen molar-refractivity contribution in [3.8, 4) is 0 Å². The third-order valence-electron chi connectivity index (χ3n) is 3.86. The molecule has 2 saturated heterocycles. The maximum atomic E-state index is 6.29. The first-order valence-corrected chi connectivity index (χ1v) is 8.53. The van der Waals surface area contributed by atoms with Gasteiger partial charge in [-0.1, -0.05) is 27.7 Å². The second kappa shape index (κ2) is 6.33. The number of hydrogen-bond acceptors (Lipinski definition) is 4. The zero-order valence-electron chi connectivity index (χ0n) is 12.9. The summed E-state index contributed by atoms with van der Waals surface area (Å²) in [5, 5.41) is 0. The molecule has 0 bridgehead atoms. The van der Waals surface area contributed by atoms with Gasteiger partial charge in [-0.25, -0.2) is 0 Å². The molecular weight excluding hydrogens is 258 g/mol. The van der Waals surface area contributed by atoms with Gasteiger partial charge >= 0.3 is 0 Å². The van der Waals surface area contributed by atoms with E-state index in [-0.39, 0.29) is 5.60 Å². The van der Waals surface area contributed by atoms with Gasteiger partial charge in [-0.05, 0) is 6.42 Å². The van der Waals surface area contributed by atoms with Crippen molar-refractivity contribution in [2.45, 2.75) is 57.0 Å². The van der Waals surface area contributed by atoms with Crippen LogP contribution in [0.15, 0.2) is 0 Å². The van der Waals surface area contributed by atoms with Crippen LogP contribution >= 0.6 is 11.8 Å². The molecule has 112 valence electrons. The fourth-order valence-electron chi connectivity index (χ4n) is 2.86. The minimum Gasteiger partial charge on any atom is -0.378 e. The van der Waals surface area contributed by atoms with E-state index >= 15 is 0 Å². The molecule has 2 aliphatic rings. The van der Waals surface area contributed by atoms with Gasteiger partial charge in [0.25, 0.3) is 0 Å². The fourth-order valence-corrected chi connectivity index (χ4v) is 3.82. The Morgan fingerprint density at radius 2 is 2.16 bits per heavy atom. The number of thioether (sulfide) groups is 1. The molecule has 2 atom stereocenters. The first-order valence-electron chi connectivity index (χ1n) is 7.54. The van der Waals surface area contributed by atoms with Crippen LogP contribution in [0.3, 0.4) is 0 Å². The lowest BCUT2D eigenvalue weighted by atomic mass is 9.98. The Kier molecular flexibility index (Phi) is 5.21. The molecule has 2 heterocycles. The molecule has 19 heavy (non-hydrogen) atoms. The van der Waals surface area contributed by atoms with Crippen LogP contribution in [0.5, 0.6) is 0 Å². The van der Waals surface area contributed by atoms with Crippen LogP contribution in [0.25, 0.3) is 0 Å². The van der Waals surface area contributed by atoms with Crippen molar-refractivity contribution in [1.82, 2.24) is 4.90 Å². The maximum Gasteiger partial charge on any atom is 0.107 e. The zero-order valence-corrected chi connectivity index (χ0v) is 13.7. The van der Waals surface area contributed by atoms with E-state index in [1.54, 1.807) is 0 Å². The lowest BCUT2D eigenvalue weighted by molar-refractivity contribution is -0.153. The SMILES string of the molecule is CC[C@H]1CN(CCSC(C)(C)C)C[C@]2(CCOC2)O1. The Bertz CT molecular complexity index is 284. The Morgan fingerprint density at radius 1 is 1.37 bits per heavy atom. The van der Waals surface area contributed by atoms with Crippen molar-refractivity contribution >= 4 is 11.8 Å². The molecule has 2 fully saturated rings. The minimum absolute atomic E-state index is 0.00861. The van der Waals surface area contributed by atoms with Gasteiger partial charge in [-0.15, -0.1) is 0 Å². The summed E-state index contributed by atoms with van der Waals surface area (Å²) in [5.41, 5.74) is -0.00861. The van der Waals surface area contributed by atoms with Gasteiger partial charge in [-0.2, -0.15) is 11.8 Å². The summed E-state index contributed by atoms with van der Waals surface area (Å²) in [6.45, 7) is 14.0. The summed E-state index contributed by atoms with van der Waals surface area (Å²) in [4.78, 5) is 2.59. The molecule has 0 N–H and O–H groups in total. The van der Waals surface area contributed by atoms with E-state index in [9.17, 15) is 0 Å². The Morgan fingerprint density at radius 3 is 2.74 bits per heavy atom.